The second-order valence-electron chi connectivity index (χ2n) is 6.53. The van der Waals surface area contributed by atoms with Crippen molar-refractivity contribution in [3.63, 3.8) is 0 Å². The molecule has 114 valence electrons. The molecule has 1 aliphatic rings. The van der Waals surface area contributed by atoms with Gasteiger partial charge in [-0.1, -0.05) is 24.9 Å². The van der Waals surface area contributed by atoms with Crippen LogP contribution < -0.4 is 5.32 Å². The summed E-state index contributed by atoms with van der Waals surface area (Å²) in [5.74, 6) is 0. The average molecular weight is 299 g/mol. The van der Waals surface area contributed by atoms with Crippen LogP contribution in [0.4, 0.5) is 0 Å². The van der Waals surface area contributed by atoms with E-state index in [-0.39, 0.29) is 5.54 Å². The smallest absolute Gasteiger partial charge is 0.0860 e. The highest BCUT2D eigenvalue weighted by molar-refractivity contribution is 6.31. The van der Waals surface area contributed by atoms with Crippen molar-refractivity contribution in [3.8, 4) is 0 Å². The molecule has 5 heteroatoms. The van der Waals surface area contributed by atoms with E-state index < -0.39 is 0 Å². The van der Waals surface area contributed by atoms with Crippen LogP contribution in [0.1, 0.15) is 45.0 Å². The molecule has 1 atom stereocenters. The normalized spacial score (nSPS) is 23.2. The van der Waals surface area contributed by atoms with Gasteiger partial charge in [0.2, 0.25) is 0 Å². The number of nitrogens with zero attached hydrogens (tertiary/aromatic N) is 3. The highest BCUT2D eigenvalue weighted by Crippen LogP contribution is 2.26. The Morgan fingerprint density at radius 3 is 2.70 bits per heavy atom. The number of halogens is 1. The Morgan fingerprint density at radius 1 is 1.45 bits per heavy atom. The molecule has 1 unspecified atom stereocenters. The molecule has 1 aliphatic heterocycles. The van der Waals surface area contributed by atoms with Crippen LogP contribution in [-0.4, -0.2) is 39.4 Å². The highest BCUT2D eigenvalue weighted by atomic mass is 35.5. The molecule has 1 aromatic rings. The summed E-state index contributed by atoms with van der Waals surface area (Å²) in [5.41, 5.74) is 2.18. The molecule has 2 heterocycles. The zero-order valence-electron chi connectivity index (χ0n) is 13.3. The van der Waals surface area contributed by atoms with Gasteiger partial charge in [-0.2, -0.15) is 5.10 Å². The van der Waals surface area contributed by atoms with Gasteiger partial charge in [-0.15, -0.1) is 0 Å². The van der Waals surface area contributed by atoms with Crippen molar-refractivity contribution in [2.24, 2.45) is 7.05 Å². The van der Waals surface area contributed by atoms with Crippen molar-refractivity contribution in [2.75, 3.05) is 13.1 Å². The van der Waals surface area contributed by atoms with Gasteiger partial charge >= 0.3 is 0 Å². The lowest BCUT2D eigenvalue weighted by molar-refractivity contribution is 0.0542. The van der Waals surface area contributed by atoms with E-state index in [2.05, 4.69) is 36.1 Å². The fourth-order valence-corrected chi connectivity index (χ4v) is 3.16. The van der Waals surface area contributed by atoms with E-state index in [1.807, 2.05) is 18.7 Å². The van der Waals surface area contributed by atoms with Crippen molar-refractivity contribution in [1.82, 2.24) is 20.0 Å². The second-order valence-corrected chi connectivity index (χ2v) is 6.91. The first kappa shape index (κ1) is 15.8. The number of rotatable bonds is 4. The Hall–Kier alpha value is -0.580. The lowest BCUT2D eigenvalue weighted by Gasteiger charge is -2.46. The second kappa shape index (κ2) is 6.04. The average Bonchev–Trinajstić information content (AvgIpc) is 2.60. The third-order valence-corrected chi connectivity index (χ3v) is 4.85. The number of piperazine rings is 1. The van der Waals surface area contributed by atoms with Gasteiger partial charge in [-0.3, -0.25) is 9.58 Å². The number of hydrogen-bond acceptors (Lipinski definition) is 3. The lowest BCUT2D eigenvalue weighted by atomic mass is 9.95. The largest absolute Gasteiger partial charge is 0.311 e. The molecule has 1 N–H and O–H groups in total. The van der Waals surface area contributed by atoms with Crippen molar-refractivity contribution in [1.29, 1.82) is 0 Å². The minimum Gasteiger partial charge on any atom is -0.311 e. The Bertz CT molecular complexity index is 467. The van der Waals surface area contributed by atoms with Crippen LogP contribution in [0.25, 0.3) is 0 Å². The Morgan fingerprint density at radius 2 is 2.15 bits per heavy atom. The molecule has 4 nitrogen and oxygen atoms in total. The van der Waals surface area contributed by atoms with Gasteiger partial charge in [-0.05, 0) is 27.2 Å². The molecule has 0 spiro atoms. The van der Waals surface area contributed by atoms with E-state index in [1.165, 1.54) is 12.8 Å². The summed E-state index contributed by atoms with van der Waals surface area (Å²) >= 11 is 6.40. The molecule has 1 aromatic heterocycles. The molecule has 20 heavy (non-hydrogen) atoms. The quantitative estimate of drug-likeness (QED) is 0.928. The fourth-order valence-electron chi connectivity index (χ4n) is 2.94. The van der Waals surface area contributed by atoms with E-state index in [0.29, 0.717) is 6.04 Å². The molecule has 1 saturated heterocycles. The van der Waals surface area contributed by atoms with Crippen molar-refractivity contribution in [2.45, 2.75) is 58.7 Å². The first-order valence-electron chi connectivity index (χ1n) is 7.51. The molecular formula is C15H27ClN4. The first-order chi connectivity index (χ1) is 9.35. The minimum atomic E-state index is 0.145. The van der Waals surface area contributed by atoms with Gasteiger partial charge in [0.05, 0.1) is 16.4 Å². The first-order valence-corrected chi connectivity index (χ1v) is 7.89. The third-order valence-electron chi connectivity index (χ3n) is 4.36. The van der Waals surface area contributed by atoms with Crippen LogP contribution in [0.5, 0.6) is 0 Å². The predicted octanol–water partition coefficient (Wildman–Crippen LogP) is 2.73. The molecule has 0 bridgehead atoms. The summed E-state index contributed by atoms with van der Waals surface area (Å²) in [7, 11) is 1.98. The monoisotopic (exact) mass is 298 g/mol. The Balaban J connectivity index is 2.16. The molecule has 0 radical (unpaired) electrons. The third kappa shape index (κ3) is 3.18. The molecular weight excluding hydrogens is 272 g/mol. The van der Waals surface area contributed by atoms with Gasteiger partial charge in [0.25, 0.3) is 0 Å². The van der Waals surface area contributed by atoms with E-state index >= 15 is 0 Å². The number of hydrogen-bond donors (Lipinski definition) is 1. The molecule has 0 amide bonds. The van der Waals surface area contributed by atoms with Crippen LogP contribution in [0.2, 0.25) is 5.02 Å². The summed E-state index contributed by atoms with van der Waals surface area (Å²) < 4.78 is 1.92. The summed E-state index contributed by atoms with van der Waals surface area (Å²) in [5, 5.41) is 8.90. The van der Waals surface area contributed by atoms with Crippen LogP contribution in [0.3, 0.4) is 0 Å². The van der Waals surface area contributed by atoms with Crippen LogP contribution in [0, 0.1) is 6.92 Å². The number of aromatic nitrogens is 2. The maximum atomic E-state index is 6.40. The lowest BCUT2D eigenvalue weighted by Crippen LogP contribution is -2.61. The maximum Gasteiger partial charge on any atom is 0.0860 e. The maximum absolute atomic E-state index is 6.40. The Labute approximate surface area is 127 Å². The van der Waals surface area contributed by atoms with Crippen LogP contribution in [-0.2, 0) is 13.6 Å². The van der Waals surface area contributed by atoms with Gasteiger partial charge in [0.15, 0.2) is 0 Å². The number of nitrogens with one attached hydrogen (secondary N) is 1. The van der Waals surface area contributed by atoms with Crippen molar-refractivity contribution >= 4 is 11.6 Å². The summed E-state index contributed by atoms with van der Waals surface area (Å²) in [6, 6.07) is 0.584. The molecule has 2 rings (SSSR count). The van der Waals surface area contributed by atoms with Gasteiger partial charge in [0.1, 0.15) is 0 Å². The minimum absolute atomic E-state index is 0.145. The predicted molar refractivity (Wildman–Crippen MR) is 84.1 cm³/mol. The summed E-state index contributed by atoms with van der Waals surface area (Å²) in [4.78, 5) is 2.53. The van der Waals surface area contributed by atoms with E-state index in [9.17, 15) is 0 Å². The highest BCUT2D eigenvalue weighted by Gasteiger charge is 2.34. The fraction of sp³-hybridized carbons (Fsp3) is 0.800. The van der Waals surface area contributed by atoms with Crippen molar-refractivity contribution in [3.05, 3.63) is 16.4 Å². The summed E-state index contributed by atoms with van der Waals surface area (Å²) in [6.07, 6.45) is 2.45. The zero-order chi connectivity index (χ0) is 14.9. The Kier molecular flexibility index (Phi) is 4.77. The van der Waals surface area contributed by atoms with Crippen molar-refractivity contribution < 1.29 is 0 Å². The molecule has 0 aromatic carbocycles. The molecule has 0 saturated carbocycles. The molecule has 1 fully saturated rings. The standard InChI is InChI=1S/C15H27ClN4/c1-6-7-12-8-20(15(3,4)10-17-12)9-13-14(16)11(2)18-19(13)5/h12,17H,6-10H2,1-5H3. The van der Waals surface area contributed by atoms with E-state index in [4.69, 9.17) is 11.6 Å². The van der Waals surface area contributed by atoms with Crippen LogP contribution in [0.15, 0.2) is 0 Å². The zero-order valence-corrected chi connectivity index (χ0v) is 14.1. The number of aryl methyl sites for hydroxylation is 2. The van der Waals surface area contributed by atoms with Crippen LogP contribution >= 0.6 is 11.6 Å². The van der Waals surface area contributed by atoms with E-state index in [0.717, 1.165) is 36.0 Å². The van der Waals surface area contributed by atoms with Gasteiger partial charge < -0.3 is 5.32 Å². The van der Waals surface area contributed by atoms with E-state index in [1.54, 1.807) is 0 Å². The van der Waals surface area contributed by atoms with Gasteiger partial charge in [0, 0.05) is 38.3 Å². The van der Waals surface area contributed by atoms with Gasteiger partial charge in [-0.25, -0.2) is 0 Å². The SMILES string of the molecule is CCCC1CN(Cc2c(Cl)c(C)nn2C)C(C)(C)CN1. The molecule has 0 aliphatic carbocycles. The topological polar surface area (TPSA) is 33.1 Å². The summed E-state index contributed by atoms with van der Waals surface area (Å²) in [6.45, 7) is 11.7.